The van der Waals surface area contributed by atoms with Gasteiger partial charge in [-0.05, 0) is 45.0 Å². The standard InChI is InChI=1S/C18H31NO.ClH/c1-4-5-6-7-8-12-17-13-9-10-14-18(17)20-16-11-15-19(2)3;/h9-10,13-14H,4-8,11-12,15-16H2,1-3H3;1H. The van der Waals surface area contributed by atoms with E-state index in [-0.39, 0.29) is 12.4 Å². The molecular weight excluding hydrogens is 282 g/mol. The zero-order valence-corrected chi connectivity index (χ0v) is 14.8. The summed E-state index contributed by atoms with van der Waals surface area (Å²) in [5.74, 6) is 1.08. The molecule has 2 nitrogen and oxygen atoms in total. The van der Waals surface area contributed by atoms with E-state index >= 15 is 0 Å². The second-order valence-corrected chi connectivity index (χ2v) is 5.78. The minimum atomic E-state index is 0. The van der Waals surface area contributed by atoms with E-state index in [1.54, 1.807) is 0 Å². The lowest BCUT2D eigenvalue weighted by Gasteiger charge is -2.13. The van der Waals surface area contributed by atoms with Crippen LogP contribution in [0.4, 0.5) is 0 Å². The van der Waals surface area contributed by atoms with E-state index in [0.717, 1.165) is 31.7 Å². The molecule has 0 aromatic heterocycles. The molecule has 0 heterocycles. The van der Waals surface area contributed by atoms with Crippen molar-refractivity contribution in [3.8, 4) is 5.75 Å². The second-order valence-electron chi connectivity index (χ2n) is 5.78. The van der Waals surface area contributed by atoms with Gasteiger partial charge in [0.2, 0.25) is 0 Å². The molecule has 0 atom stereocenters. The van der Waals surface area contributed by atoms with Crippen molar-refractivity contribution in [1.29, 1.82) is 0 Å². The number of hydrogen-bond acceptors (Lipinski definition) is 2. The Hall–Kier alpha value is -0.730. The van der Waals surface area contributed by atoms with Crippen molar-refractivity contribution in [2.75, 3.05) is 27.2 Å². The quantitative estimate of drug-likeness (QED) is 0.536. The summed E-state index contributed by atoms with van der Waals surface area (Å²) in [6, 6.07) is 8.51. The fourth-order valence-electron chi connectivity index (χ4n) is 2.33. The Morgan fingerprint density at radius 1 is 0.952 bits per heavy atom. The molecule has 0 bridgehead atoms. The van der Waals surface area contributed by atoms with Crippen LogP contribution < -0.4 is 4.74 Å². The first-order valence-electron chi connectivity index (χ1n) is 8.09. The van der Waals surface area contributed by atoms with Gasteiger partial charge in [0.15, 0.2) is 0 Å². The van der Waals surface area contributed by atoms with Gasteiger partial charge in [0, 0.05) is 6.54 Å². The van der Waals surface area contributed by atoms with Crippen molar-refractivity contribution in [3.05, 3.63) is 29.8 Å². The third kappa shape index (κ3) is 9.76. The van der Waals surface area contributed by atoms with Gasteiger partial charge in [0.05, 0.1) is 6.61 Å². The van der Waals surface area contributed by atoms with E-state index in [1.807, 2.05) is 0 Å². The molecule has 0 aliphatic rings. The fourth-order valence-corrected chi connectivity index (χ4v) is 2.33. The van der Waals surface area contributed by atoms with E-state index in [9.17, 15) is 0 Å². The molecule has 122 valence electrons. The van der Waals surface area contributed by atoms with Crippen LogP contribution in [0.15, 0.2) is 24.3 Å². The third-order valence-corrected chi connectivity index (χ3v) is 3.53. The number of nitrogens with zero attached hydrogens (tertiary/aromatic N) is 1. The number of hydrogen-bond donors (Lipinski definition) is 0. The summed E-state index contributed by atoms with van der Waals surface area (Å²) >= 11 is 0. The van der Waals surface area contributed by atoms with Gasteiger partial charge in [-0.1, -0.05) is 50.8 Å². The molecule has 1 rings (SSSR count). The van der Waals surface area contributed by atoms with Crippen LogP contribution in [-0.4, -0.2) is 32.1 Å². The van der Waals surface area contributed by atoms with Gasteiger partial charge >= 0.3 is 0 Å². The number of aryl methyl sites for hydroxylation is 1. The van der Waals surface area contributed by atoms with Crippen LogP contribution in [-0.2, 0) is 6.42 Å². The molecule has 0 aliphatic heterocycles. The molecule has 0 radical (unpaired) electrons. The minimum Gasteiger partial charge on any atom is -0.493 e. The third-order valence-electron chi connectivity index (χ3n) is 3.53. The lowest BCUT2D eigenvalue weighted by atomic mass is 10.0. The Kier molecular flexibility index (Phi) is 12.5. The van der Waals surface area contributed by atoms with E-state index < -0.39 is 0 Å². The summed E-state index contributed by atoms with van der Waals surface area (Å²) in [5.41, 5.74) is 1.37. The molecule has 1 aromatic carbocycles. The molecule has 0 unspecified atom stereocenters. The van der Waals surface area contributed by atoms with Crippen LogP contribution in [0.25, 0.3) is 0 Å². The van der Waals surface area contributed by atoms with Crippen molar-refractivity contribution in [1.82, 2.24) is 4.90 Å². The number of unbranched alkanes of at least 4 members (excludes halogenated alkanes) is 4. The number of benzene rings is 1. The highest BCUT2D eigenvalue weighted by atomic mass is 35.5. The van der Waals surface area contributed by atoms with E-state index in [0.29, 0.717) is 0 Å². The maximum atomic E-state index is 5.94. The van der Waals surface area contributed by atoms with Crippen LogP contribution in [0.1, 0.15) is 51.0 Å². The first kappa shape index (κ1) is 20.3. The molecule has 1 aromatic rings. The average Bonchev–Trinajstić information content (AvgIpc) is 2.44. The smallest absolute Gasteiger partial charge is 0.122 e. The Morgan fingerprint density at radius 2 is 1.67 bits per heavy atom. The SMILES string of the molecule is CCCCCCCc1ccccc1OCCCN(C)C.Cl. The monoisotopic (exact) mass is 313 g/mol. The summed E-state index contributed by atoms with van der Waals surface area (Å²) in [4.78, 5) is 2.20. The predicted molar refractivity (Wildman–Crippen MR) is 94.8 cm³/mol. The van der Waals surface area contributed by atoms with Gasteiger partial charge in [-0.25, -0.2) is 0 Å². The van der Waals surface area contributed by atoms with Crippen LogP contribution in [0.2, 0.25) is 0 Å². The molecule has 0 amide bonds. The molecular formula is C18H32ClNO. The summed E-state index contributed by atoms with van der Waals surface area (Å²) in [6.07, 6.45) is 8.88. The van der Waals surface area contributed by atoms with Gasteiger partial charge in [-0.15, -0.1) is 12.4 Å². The number of rotatable bonds is 11. The van der Waals surface area contributed by atoms with E-state index in [1.165, 1.54) is 37.7 Å². The Bertz CT molecular complexity index is 355. The Morgan fingerprint density at radius 3 is 2.38 bits per heavy atom. The normalized spacial score (nSPS) is 10.5. The van der Waals surface area contributed by atoms with Gasteiger partial charge in [0.25, 0.3) is 0 Å². The second kappa shape index (κ2) is 13.0. The highest BCUT2D eigenvalue weighted by Gasteiger charge is 2.03. The first-order chi connectivity index (χ1) is 9.74. The van der Waals surface area contributed by atoms with Crippen LogP contribution in [0.3, 0.4) is 0 Å². The van der Waals surface area contributed by atoms with E-state index in [4.69, 9.17) is 4.74 Å². The summed E-state index contributed by atoms with van der Waals surface area (Å²) < 4.78 is 5.94. The van der Waals surface area contributed by atoms with Crippen molar-refractivity contribution in [2.24, 2.45) is 0 Å². The predicted octanol–water partition coefficient (Wildman–Crippen LogP) is 4.95. The molecule has 21 heavy (non-hydrogen) atoms. The zero-order valence-electron chi connectivity index (χ0n) is 13.9. The van der Waals surface area contributed by atoms with Gasteiger partial charge in [-0.2, -0.15) is 0 Å². The van der Waals surface area contributed by atoms with Crippen molar-refractivity contribution in [3.63, 3.8) is 0 Å². The van der Waals surface area contributed by atoms with Gasteiger partial charge in [-0.3, -0.25) is 0 Å². The highest BCUT2D eigenvalue weighted by molar-refractivity contribution is 5.85. The number of ether oxygens (including phenoxy) is 1. The topological polar surface area (TPSA) is 12.5 Å². The summed E-state index contributed by atoms with van der Waals surface area (Å²) in [5, 5.41) is 0. The van der Waals surface area contributed by atoms with Crippen molar-refractivity contribution < 1.29 is 4.74 Å². The van der Waals surface area contributed by atoms with Crippen molar-refractivity contribution in [2.45, 2.75) is 51.9 Å². The van der Waals surface area contributed by atoms with Crippen LogP contribution >= 0.6 is 12.4 Å². The largest absolute Gasteiger partial charge is 0.493 e. The first-order valence-corrected chi connectivity index (χ1v) is 8.09. The molecule has 0 aliphatic carbocycles. The zero-order chi connectivity index (χ0) is 14.6. The molecule has 0 N–H and O–H groups in total. The van der Waals surface area contributed by atoms with Crippen LogP contribution in [0.5, 0.6) is 5.75 Å². The Balaban J connectivity index is 0.00000400. The molecule has 0 fully saturated rings. The van der Waals surface area contributed by atoms with Crippen molar-refractivity contribution >= 4 is 12.4 Å². The maximum absolute atomic E-state index is 5.94. The molecule has 3 heteroatoms. The minimum absolute atomic E-state index is 0. The molecule has 0 saturated carbocycles. The maximum Gasteiger partial charge on any atom is 0.122 e. The number of para-hydroxylation sites is 1. The molecule has 0 saturated heterocycles. The van der Waals surface area contributed by atoms with Gasteiger partial charge < -0.3 is 9.64 Å². The van der Waals surface area contributed by atoms with E-state index in [2.05, 4.69) is 50.2 Å². The highest BCUT2D eigenvalue weighted by Crippen LogP contribution is 2.21. The lowest BCUT2D eigenvalue weighted by molar-refractivity contribution is 0.279. The fraction of sp³-hybridized carbons (Fsp3) is 0.667. The van der Waals surface area contributed by atoms with Crippen LogP contribution in [0, 0.1) is 0 Å². The summed E-state index contributed by atoms with van der Waals surface area (Å²) in [6.45, 7) is 4.15. The Labute approximate surface area is 137 Å². The number of halogens is 1. The lowest BCUT2D eigenvalue weighted by Crippen LogP contribution is -2.15. The molecule has 0 spiro atoms. The summed E-state index contributed by atoms with van der Waals surface area (Å²) in [7, 11) is 4.20. The average molecular weight is 314 g/mol. The van der Waals surface area contributed by atoms with Gasteiger partial charge in [0.1, 0.15) is 5.75 Å².